The Morgan fingerprint density at radius 3 is 2.38 bits per heavy atom. The Morgan fingerprint density at radius 2 is 1.69 bits per heavy atom. The number of aromatic nitrogens is 2. The fraction of sp³-hybridized carbons (Fsp3) is 0.0909. The quantitative estimate of drug-likeness (QED) is 0.689. The summed E-state index contributed by atoms with van der Waals surface area (Å²) in [6.07, 6.45) is 4.45. The Hall–Kier alpha value is -1.70. The van der Waals surface area contributed by atoms with Gasteiger partial charge in [-0.1, -0.05) is 30.3 Å². The number of hydrogen-bond donors (Lipinski definition) is 0. The highest BCUT2D eigenvalue weighted by Gasteiger charge is 1.93. The molecule has 0 aliphatic rings. The Kier molecular flexibility index (Phi) is 2.32. The first-order chi connectivity index (χ1) is 6.45. The average molecular weight is 170 g/mol. The van der Waals surface area contributed by atoms with Crippen LogP contribution in [0, 0.1) is 0 Å². The standard InChI is InChI=1S/C11H10N2/c1-2-4-10(5-3-1)8-11-6-7-12-13-9-11/h1-7,9H,8H2. The fourth-order valence-electron chi connectivity index (χ4n) is 1.25. The average Bonchev–Trinajstić information content (AvgIpc) is 2.21. The summed E-state index contributed by atoms with van der Waals surface area (Å²) in [7, 11) is 0. The monoisotopic (exact) mass is 170 g/mol. The van der Waals surface area contributed by atoms with Gasteiger partial charge in [0.05, 0.1) is 6.20 Å². The molecule has 0 saturated carbocycles. The van der Waals surface area contributed by atoms with Crippen LogP contribution < -0.4 is 0 Å². The molecule has 0 aliphatic heterocycles. The van der Waals surface area contributed by atoms with Crippen molar-refractivity contribution in [3.8, 4) is 0 Å². The second kappa shape index (κ2) is 3.81. The molecule has 0 N–H and O–H groups in total. The molecule has 0 saturated heterocycles. The third kappa shape index (κ3) is 2.12. The van der Waals surface area contributed by atoms with Gasteiger partial charge >= 0.3 is 0 Å². The van der Waals surface area contributed by atoms with Crippen LogP contribution in [0.4, 0.5) is 0 Å². The molecule has 13 heavy (non-hydrogen) atoms. The molecular weight excluding hydrogens is 160 g/mol. The number of rotatable bonds is 2. The van der Waals surface area contributed by atoms with E-state index in [2.05, 4.69) is 22.3 Å². The fourth-order valence-corrected chi connectivity index (χ4v) is 1.25. The number of hydrogen-bond acceptors (Lipinski definition) is 2. The Labute approximate surface area is 77.3 Å². The minimum Gasteiger partial charge on any atom is -0.159 e. The van der Waals surface area contributed by atoms with Crippen molar-refractivity contribution in [2.24, 2.45) is 0 Å². The molecule has 1 heterocycles. The maximum atomic E-state index is 3.83. The topological polar surface area (TPSA) is 25.8 Å². The Balaban J connectivity index is 2.16. The van der Waals surface area contributed by atoms with Crippen molar-refractivity contribution in [2.45, 2.75) is 6.42 Å². The molecule has 0 spiro atoms. The number of nitrogens with zero attached hydrogens (tertiary/aromatic N) is 2. The third-order valence-electron chi connectivity index (χ3n) is 1.90. The maximum absolute atomic E-state index is 3.83. The lowest BCUT2D eigenvalue weighted by Crippen LogP contribution is -1.89. The van der Waals surface area contributed by atoms with Crippen molar-refractivity contribution in [2.75, 3.05) is 0 Å². The van der Waals surface area contributed by atoms with Crippen molar-refractivity contribution >= 4 is 0 Å². The zero-order valence-corrected chi connectivity index (χ0v) is 7.22. The van der Waals surface area contributed by atoms with Crippen molar-refractivity contribution in [1.82, 2.24) is 10.2 Å². The van der Waals surface area contributed by atoms with Gasteiger partial charge in [-0.15, -0.1) is 0 Å². The van der Waals surface area contributed by atoms with Gasteiger partial charge in [0.2, 0.25) is 0 Å². The summed E-state index contributed by atoms with van der Waals surface area (Å²) in [5, 5.41) is 7.57. The molecule has 0 bridgehead atoms. The van der Waals surface area contributed by atoms with E-state index in [4.69, 9.17) is 0 Å². The molecule has 0 fully saturated rings. The Morgan fingerprint density at radius 1 is 0.846 bits per heavy atom. The highest BCUT2D eigenvalue weighted by atomic mass is 15.1. The third-order valence-corrected chi connectivity index (χ3v) is 1.90. The SMILES string of the molecule is c1ccc(Cc2ccnnc2)cc1. The van der Waals surface area contributed by atoms with Crippen LogP contribution in [0.15, 0.2) is 48.8 Å². The minimum absolute atomic E-state index is 0.927. The van der Waals surface area contributed by atoms with Gasteiger partial charge in [0.25, 0.3) is 0 Å². The van der Waals surface area contributed by atoms with Gasteiger partial charge in [0, 0.05) is 6.20 Å². The lowest BCUT2D eigenvalue weighted by molar-refractivity contribution is 0.994. The van der Waals surface area contributed by atoms with E-state index >= 15 is 0 Å². The van der Waals surface area contributed by atoms with E-state index in [1.807, 2.05) is 24.3 Å². The van der Waals surface area contributed by atoms with Gasteiger partial charge in [-0.25, -0.2) is 0 Å². The first-order valence-corrected chi connectivity index (χ1v) is 4.24. The van der Waals surface area contributed by atoms with Crippen LogP contribution in [0.2, 0.25) is 0 Å². The predicted molar refractivity (Wildman–Crippen MR) is 51.3 cm³/mol. The molecule has 0 unspecified atom stereocenters. The number of benzene rings is 1. The van der Waals surface area contributed by atoms with E-state index in [1.54, 1.807) is 12.4 Å². The predicted octanol–water partition coefficient (Wildman–Crippen LogP) is 2.07. The lowest BCUT2D eigenvalue weighted by atomic mass is 10.1. The van der Waals surface area contributed by atoms with Crippen molar-refractivity contribution < 1.29 is 0 Å². The van der Waals surface area contributed by atoms with Crippen LogP contribution >= 0.6 is 0 Å². The van der Waals surface area contributed by atoms with Gasteiger partial charge < -0.3 is 0 Å². The summed E-state index contributed by atoms with van der Waals surface area (Å²) in [4.78, 5) is 0. The zero-order valence-electron chi connectivity index (χ0n) is 7.22. The van der Waals surface area contributed by atoms with E-state index in [-0.39, 0.29) is 0 Å². The largest absolute Gasteiger partial charge is 0.159 e. The van der Waals surface area contributed by atoms with Crippen LogP contribution in [0.3, 0.4) is 0 Å². The van der Waals surface area contributed by atoms with E-state index < -0.39 is 0 Å². The van der Waals surface area contributed by atoms with Gasteiger partial charge in [-0.05, 0) is 23.6 Å². The summed E-state index contributed by atoms with van der Waals surface area (Å²) in [5.41, 5.74) is 2.50. The molecule has 2 nitrogen and oxygen atoms in total. The highest BCUT2D eigenvalue weighted by Crippen LogP contribution is 2.06. The van der Waals surface area contributed by atoms with Gasteiger partial charge in [-0.2, -0.15) is 10.2 Å². The van der Waals surface area contributed by atoms with Gasteiger partial charge in [-0.3, -0.25) is 0 Å². The second-order valence-corrected chi connectivity index (χ2v) is 2.91. The maximum Gasteiger partial charge on any atom is 0.0531 e. The molecule has 0 aliphatic carbocycles. The molecule has 64 valence electrons. The summed E-state index contributed by atoms with van der Waals surface area (Å²) in [5.74, 6) is 0. The molecule has 1 aromatic carbocycles. The molecule has 1 aromatic heterocycles. The van der Waals surface area contributed by atoms with Gasteiger partial charge in [0.15, 0.2) is 0 Å². The van der Waals surface area contributed by atoms with Crippen LogP contribution in [0.5, 0.6) is 0 Å². The lowest BCUT2D eigenvalue weighted by Gasteiger charge is -1.98. The van der Waals surface area contributed by atoms with Crippen LogP contribution in [0.25, 0.3) is 0 Å². The van der Waals surface area contributed by atoms with E-state index in [1.165, 1.54) is 11.1 Å². The van der Waals surface area contributed by atoms with E-state index in [0.29, 0.717) is 0 Å². The van der Waals surface area contributed by atoms with Crippen LogP contribution in [0.1, 0.15) is 11.1 Å². The second-order valence-electron chi connectivity index (χ2n) is 2.91. The van der Waals surface area contributed by atoms with Gasteiger partial charge in [0.1, 0.15) is 0 Å². The van der Waals surface area contributed by atoms with Crippen molar-refractivity contribution in [3.05, 3.63) is 59.9 Å². The Bertz CT molecular complexity index is 319. The summed E-state index contributed by atoms with van der Waals surface area (Å²) in [6.45, 7) is 0. The molecule has 2 rings (SSSR count). The molecule has 2 aromatic rings. The zero-order chi connectivity index (χ0) is 8.93. The normalized spacial score (nSPS) is 9.85. The first-order valence-electron chi connectivity index (χ1n) is 4.24. The molecule has 0 amide bonds. The summed E-state index contributed by atoms with van der Waals surface area (Å²) >= 11 is 0. The van der Waals surface area contributed by atoms with Crippen molar-refractivity contribution in [1.29, 1.82) is 0 Å². The van der Waals surface area contributed by atoms with E-state index in [0.717, 1.165) is 6.42 Å². The summed E-state index contributed by atoms with van der Waals surface area (Å²) in [6, 6.07) is 12.3. The first kappa shape index (κ1) is 7.92. The highest BCUT2D eigenvalue weighted by molar-refractivity contribution is 5.22. The summed E-state index contributed by atoms with van der Waals surface area (Å²) < 4.78 is 0. The minimum atomic E-state index is 0.927. The van der Waals surface area contributed by atoms with Crippen LogP contribution in [-0.2, 0) is 6.42 Å². The molecular formula is C11H10N2. The van der Waals surface area contributed by atoms with E-state index in [9.17, 15) is 0 Å². The van der Waals surface area contributed by atoms with Crippen molar-refractivity contribution in [3.63, 3.8) is 0 Å². The molecule has 2 heteroatoms. The molecule has 0 radical (unpaired) electrons. The smallest absolute Gasteiger partial charge is 0.0531 e. The van der Waals surface area contributed by atoms with Crippen LogP contribution in [-0.4, -0.2) is 10.2 Å². The molecule has 0 atom stereocenters.